The molecule has 162 valence electrons. The highest BCUT2D eigenvalue weighted by molar-refractivity contribution is 7.21. The van der Waals surface area contributed by atoms with E-state index < -0.39 is 0 Å². The van der Waals surface area contributed by atoms with Crippen LogP contribution in [0.15, 0.2) is 60.8 Å². The number of nitrogens with one attached hydrogen (secondary N) is 1. The molecule has 2 aromatic carbocycles. The number of benzene rings is 2. The summed E-state index contributed by atoms with van der Waals surface area (Å²) in [4.78, 5) is 21.6. The first-order valence-electron chi connectivity index (χ1n) is 10.6. The van der Waals surface area contributed by atoms with Crippen molar-refractivity contribution in [2.24, 2.45) is 0 Å². The molecule has 5 rings (SSSR count). The number of carbonyl (C=O) groups excluding carboxylic acids is 1. The summed E-state index contributed by atoms with van der Waals surface area (Å²) >= 11 is 1.67. The number of aromatic nitrogens is 2. The maximum atomic E-state index is 12.6. The summed E-state index contributed by atoms with van der Waals surface area (Å²) < 4.78 is 12.4. The predicted molar refractivity (Wildman–Crippen MR) is 126 cm³/mol. The molecule has 4 aromatic rings. The number of aryl methyl sites for hydroxylation is 1. The molecule has 1 amide bonds. The van der Waals surface area contributed by atoms with Crippen LogP contribution >= 0.6 is 11.3 Å². The second-order valence-corrected chi connectivity index (χ2v) is 8.87. The van der Waals surface area contributed by atoms with Crippen molar-refractivity contribution >= 4 is 33.1 Å². The van der Waals surface area contributed by atoms with E-state index in [2.05, 4.69) is 29.4 Å². The van der Waals surface area contributed by atoms with Gasteiger partial charge in [-0.25, -0.2) is 9.97 Å². The van der Waals surface area contributed by atoms with Crippen molar-refractivity contribution in [3.05, 3.63) is 71.9 Å². The first kappa shape index (κ1) is 20.6. The zero-order chi connectivity index (χ0) is 21.9. The van der Waals surface area contributed by atoms with E-state index in [9.17, 15) is 4.79 Å². The van der Waals surface area contributed by atoms with Crippen molar-refractivity contribution in [1.29, 1.82) is 0 Å². The minimum Gasteiger partial charge on any atom is -0.474 e. The van der Waals surface area contributed by atoms with Gasteiger partial charge in [0.1, 0.15) is 11.1 Å². The van der Waals surface area contributed by atoms with Crippen LogP contribution in [0.25, 0.3) is 20.8 Å². The highest BCUT2D eigenvalue weighted by atomic mass is 32.1. The molecule has 6 nitrogen and oxygen atoms in total. The Hall–Kier alpha value is -3.29. The first-order chi connectivity index (χ1) is 15.6. The van der Waals surface area contributed by atoms with E-state index in [0.717, 1.165) is 34.6 Å². The number of rotatable bonds is 5. The van der Waals surface area contributed by atoms with E-state index in [0.29, 0.717) is 24.7 Å². The van der Waals surface area contributed by atoms with E-state index in [-0.39, 0.29) is 12.0 Å². The highest BCUT2D eigenvalue weighted by Crippen LogP contribution is 2.31. The Morgan fingerprint density at radius 3 is 2.66 bits per heavy atom. The highest BCUT2D eigenvalue weighted by Gasteiger charge is 2.16. The number of thiazole rings is 1. The van der Waals surface area contributed by atoms with Crippen LogP contribution in [0.2, 0.25) is 0 Å². The van der Waals surface area contributed by atoms with Crippen LogP contribution < -0.4 is 10.1 Å². The Kier molecular flexibility index (Phi) is 5.83. The number of pyridine rings is 1. The Morgan fingerprint density at radius 1 is 1.09 bits per heavy atom. The molecule has 0 saturated carbocycles. The summed E-state index contributed by atoms with van der Waals surface area (Å²) in [5, 5.41) is 3.88. The fraction of sp³-hybridized carbons (Fsp3) is 0.240. The third kappa shape index (κ3) is 4.64. The van der Waals surface area contributed by atoms with Crippen LogP contribution in [0.4, 0.5) is 5.69 Å². The first-order valence-corrected chi connectivity index (χ1v) is 11.5. The standard InChI is InChI=1S/C25H23N3O3S/c1-16-2-8-21-22(14-16)32-25(28-21)17-3-6-19(7-4-17)27-24(29)18-5-9-23(26-15-18)31-20-10-12-30-13-11-20/h2-9,14-15,20H,10-13H2,1H3,(H,27,29). The Morgan fingerprint density at radius 2 is 1.91 bits per heavy atom. The molecule has 0 unspecified atom stereocenters. The second kappa shape index (κ2) is 9.06. The van der Waals surface area contributed by atoms with Gasteiger partial charge in [-0.3, -0.25) is 4.79 Å². The normalized spacial score (nSPS) is 14.4. The third-order valence-corrected chi connectivity index (χ3v) is 6.46. The van der Waals surface area contributed by atoms with Crippen molar-refractivity contribution in [2.75, 3.05) is 18.5 Å². The molecule has 0 spiro atoms. The Balaban J connectivity index is 1.23. The van der Waals surface area contributed by atoms with Crippen LogP contribution in [0.5, 0.6) is 5.88 Å². The number of nitrogens with zero attached hydrogens (tertiary/aromatic N) is 2. The van der Waals surface area contributed by atoms with Gasteiger partial charge in [0.15, 0.2) is 0 Å². The van der Waals surface area contributed by atoms with Gasteiger partial charge < -0.3 is 14.8 Å². The van der Waals surface area contributed by atoms with E-state index >= 15 is 0 Å². The second-order valence-electron chi connectivity index (χ2n) is 7.84. The number of amides is 1. The summed E-state index contributed by atoms with van der Waals surface area (Å²) in [6, 6.07) is 17.5. The average Bonchev–Trinajstić information content (AvgIpc) is 3.24. The maximum Gasteiger partial charge on any atom is 0.257 e. The van der Waals surface area contributed by atoms with Crippen LogP contribution in [0, 0.1) is 6.92 Å². The molecule has 0 aliphatic carbocycles. The average molecular weight is 446 g/mol. The molecule has 1 N–H and O–H groups in total. The Labute approximate surface area is 190 Å². The van der Waals surface area contributed by atoms with Crippen molar-refractivity contribution < 1.29 is 14.3 Å². The molecule has 0 bridgehead atoms. The molecule has 7 heteroatoms. The van der Waals surface area contributed by atoms with Gasteiger partial charge in [0, 0.05) is 36.4 Å². The lowest BCUT2D eigenvalue weighted by Crippen LogP contribution is -2.26. The summed E-state index contributed by atoms with van der Waals surface area (Å²) in [5.41, 5.74) is 4.46. The molecule has 3 heterocycles. The van der Waals surface area contributed by atoms with Gasteiger partial charge in [0.25, 0.3) is 5.91 Å². The summed E-state index contributed by atoms with van der Waals surface area (Å²) in [6.07, 6.45) is 3.38. The molecule has 1 aliphatic rings. The van der Waals surface area contributed by atoms with Crippen molar-refractivity contribution in [1.82, 2.24) is 9.97 Å². The maximum absolute atomic E-state index is 12.6. The van der Waals surface area contributed by atoms with Crippen molar-refractivity contribution in [2.45, 2.75) is 25.9 Å². The van der Waals surface area contributed by atoms with Gasteiger partial charge in [-0.2, -0.15) is 0 Å². The molecule has 2 aromatic heterocycles. The molecule has 1 aliphatic heterocycles. The number of ether oxygens (including phenoxy) is 2. The molecule has 1 saturated heterocycles. The minimum absolute atomic E-state index is 0.119. The van der Waals surface area contributed by atoms with Crippen LogP contribution in [0.1, 0.15) is 28.8 Å². The number of hydrogen-bond donors (Lipinski definition) is 1. The van der Waals surface area contributed by atoms with Gasteiger partial charge >= 0.3 is 0 Å². The zero-order valence-corrected chi connectivity index (χ0v) is 18.5. The van der Waals surface area contributed by atoms with Gasteiger partial charge in [-0.1, -0.05) is 6.07 Å². The molecule has 1 fully saturated rings. The largest absolute Gasteiger partial charge is 0.474 e. The lowest BCUT2D eigenvalue weighted by atomic mass is 10.1. The van der Waals surface area contributed by atoms with E-state index in [1.165, 1.54) is 10.3 Å². The van der Waals surface area contributed by atoms with Gasteiger partial charge in [0.2, 0.25) is 5.88 Å². The van der Waals surface area contributed by atoms with E-state index in [4.69, 9.17) is 14.5 Å². The van der Waals surface area contributed by atoms with Gasteiger partial charge in [0.05, 0.1) is 29.0 Å². The topological polar surface area (TPSA) is 73.3 Å². The predicted octanol–water partition coefficient (Wildman–Crippen LogP) is 5.48. The number of hydrogen-bond acceptors (Lipinski definition) is 6. The Bertz CT molecular complexity index is 1230. The summed E-state index contributed by atoms with van der Waals surface area (Å²) in [7, 11) is 0. The van der Waals surface area contributed by atoms with Crippen LogP contribution in [0.3, 0.4) is 0 Å². The molecular formula is C25H23N3O3S. The quantitative estimate of drug-likeness (QED) is 0.441. The summed E-state index contributed by atoms with van der Waals surface area (Å²) in [6.45, 7) is 3.50. The zero-order valence-electron chi connectivity index (χ0n) is 17.7. The number of anilines is 1. The smallest absolute Gasteiger partial charge is 0.257 e. The molecule has 0 atom stereocenters. The molecule has 32 heavy (non-hydrogen) atoms. The lowest BCUT2D eigenvalue weighted by molar-refractivity contribution is 0.0237. The van der Waals surface area contributed by atoms with E-state index in [1.807, 2.05) is 30.3 Å². The minimum atomic E-state index is -0.210. The summed E-state index contributed by atoms with van der Waals surface area (Å²) in [5.74, 6) is 0.321. The van der Waals surface area contributed by atoms with Crippen molar-refractivity contribution in [3.63, 3.8) is 0 Å². The lowest BCUT2D eigenvalue weighted by Gasteiger charge is -2.22. The SMILES string of the molecule is Cc1ccc2nc(-c3ccc(NC(=O)c4ccc(OC5CCOCC5)nc4)cc3)sc2c1. The van der Waals surface area contributed by atoms with E-state index in [1.54, 1.807) is 29.7 Å². The number of fused-ring (bicyclic) bond motifs is 1. The fourth-order valence-electron chi connectivity index (χ4n) is 3.60. The molecule has 0 radical (unpaired) electrons. The fourth-order valence-corrected chi connectivity index (χ4v) is 4.67. The van der Waals surface area contributed by atoms with Gasteiger partial charge in [-0.05, 0) is 55.0 Å². The van der Waals surface area contributed by atoms with Gasteiger partial charge in [-0.15, -0.1) is 11.3 Å². The number of carbonyl (C=O) groups is 1. The van der Waals surface area contributed by atoms with Crippen molar-refractivity contribution in [3.8, 4) is 16.5 Å². The van der Waals surface area contributed by atoms with Crippen LogP contribution in [-0.4, -0.2) is 35.2 Å². The van der Waals surface area contributed by atoms with Crippen LogP contribution in [-0.2, 0) is 4.74 Å². The molecular weight excluding hydrogens is 422 g/mol. The monoisotopic (exact) mass is 445 g/mol. The third-order valence-electron chi connectivity index (χ3n) is 5.39.